The lowest BCUT2D eigenvalue weighted by Crippen LogP contribution is -2.12. The molecule has 0 fully saturated rings. The highest BCUT2D eigenvalue weighted by molar-refractivity contribution is 9.10. The van der Waals surface area contributed by atoms with Gasteiger partial charge in [0.25, 0.3) is 0 Å². The van der Waals surface area contributed by atoms with Crippen LogP contribution < -0.4 is 5.32 Å². The Kier molecular flexibility index (Phi) is 6.57. The van der Waals surface area contributed by atoms with Crippen LogP contribution in [-0.2, 0) is 4.74 Å². The molecule has 0 radical (unpaired) electrons. The molecule has 1 unspecified atom stereocenters. The first-order valence-corrected chi connectivity index (χ1v) is 7.32. The van der Waals surface area contributed by atoms with Crippen LogP contribution in [0.5, 0.6) is 0 Å². The van der Waals surface area contributed by atoms with Crippen molar-refractivity contribution in [3.8, 4) is 0 Å². The summed E-state index contributed by atoms with van der Waals surface area (Å²) in [4.78, 5) is 9.07. The lowest BCUT2D eigenvalue weighted by molar-refractivity contribution is 0.0534. The Balaban J connectivity index is 3.01. The van der Waals surface area contributed by atoms with E-state index in [1.54, 1.807) is 0 Å². The molecule has 0 aliphatic rings. The summed E-state index contributed by atoms with van der Waals surface area (Å²) in [5.41, 5.74) is 0.941. The van der Waals surface area contributed by atoms with Gasteiger partial charge in [0.1, 0.15) is 11.9 Å². The summed E-state index contributed by atoms with van der Waals surface area (Å²) in [5, 5.41) is 3.31. The van der Waals surface area contributed by atoms with E-state index in [-0.39, 0.29) is 6.10 Å². The fourth-order valence-corrected chi connectivity index (χ4v) is 1.98. The summed E-state index contributed by atoms with van der Waals surface area (Å²) < 4.78 is 6.60. The molecule has 18 heavy (non-hydrogen) atoms. The molecule has 1 aromatic rings. The Labute approximate surface area is 118 Å². The van der Waals surface area contributed by atoms with Gasteiger partial charge in [0.2, 0.25) is 0 Å². The standard InChI is InChI=1S/C13H22BrN3O/c1-5-8-15-13-11(14)9(4)16-12(17-13)10(6-2)18-7-3/h10H,5-8H2,1-4H3,(H,15,16,17). The normalized spacial score (nSPS) is 12.5. The molecule has 1 rings (SSSR count). The third-order valence-electron chi connectivity index (χ3n) is 2.60. The van der Waals surface area contributed by atoms with E-state index < -0.39 is 0 Å². The van der Waals surface area contributed by atoms with Gasteiger partial charge in [-0.15, -0.1) is 0 Å². The number of halogens is 1. The van der Waals surface area contributed by atoms with Crippen LogP contribution in [0.2, 0.25) is 0 Å². The molecule has 0 bridgehead atoms. The monoisotopic (exact) mass is 315 g/mol. The minimum absolute atomic E-state index is 0.0241. The van der Waals surface area contributed by atoms with Crippen molar-refractivity contribution in [2.75, 3.05) is 18.5 Å². The van der Waals surface area contributed by atoms with E-state index in [9.17, 15) is 0 Å². The van der Waals surface area contributed by atoms with Crippen LogP contribution in [0.25, 0.3) is 0 Å². The number of anilines is 1. The summed E-state index contributed by atoms with van der Waals surface area (Å²) in [6.07, 6.45) is 1.92. The molecule has 0 aliphatic heterocycles. The first-order valence-electron chi connectivity index (χ1n) is 6.53. The van der Waals surface area contributed by atoms with E-state index >= 15 is 0 Å². The van der Waals surface area contributed by atoms with Gasteiger partial charge in [-0.2, -0.15) is 0 Å². The number of nitrogens with zero attached hydrogens (tertiary/aromatic N) is 2. The van der Waals surface area contributed by atoms with Gasteiger partial charge in [0.15, 0.2) is 5.82 Å². The number of aryl methyl sites for hydroxylation is 1. The molecule has 0 spiro atoms. The van der Waals surface area contributed by atoms with Gasteiger partial charge in [-0.05, 0) is 42.6 Å². The molecule has 0 amide bonds. The van der Waals surface area contributed by atoms with Crippen molar-refractivity contribution in [1.82, 2.24) is 9.97 Å². The van der Waals surface area contributed by atoms with Crippen molar-refractivity contribution >= 4 is 21.7 Å². The van der Waals surface area contributed by atoms with Crippen LogP contribution in [0, 0.1) is 6.92 Å². The zero-order chi connectivity index (χ0) is 13.5. The molecule has 1 aromatic heterocycles. The second-order valence-electron chi connectivity index (χ2n) is 4.11. The van der Waals surface area contributed by atoms with Crippen LogP contribution in [-0.4, -0.2) is 23.1 Å². The topological polar surface area (TPSA) is 47.0 Å². The average Bonchev–Trinajstić information content (AvgIpc) is 2.37. The van der Waals surface area contributed by atoms with Gasteiger partial charge in [-0.25, -0.2) is 9.97 Å². The molecule has 1 heterocycles. The van der Waals surface area contributed by atoms with E-state index in [4.69, 9.17) is 4.74 Å². The fourth-order valence-electron chi connectivity index (χ4n) is 1.66. The maximum absolute atomic E-state index is 5.66. The Morgan fingerprint density at radius 2 is 2.00 bits per heavy atom. The molecule has 5 heteroatoms. The third-order valence-corrected chi connectivity index (χ3v) is 3.55. The number of hydrogen-bond donors (Lipinski definition) is 1. The van der Waals surface area contributed by atoms with Gasteiger partial charge in [-0.3, -0.25) is 0 Å². The second kappa shape index (κ2) is 7.69. The van der Waals surface area contributed by atoms with Crippen LogP contribution >= 0.6 is 15.9 Å². The van der Waals surface area contributed by atoms with Gasteiger partial charge in [0.05, 0.1) is 10.2 Å². The van der Waals surface area contributed by atoms with Crippen molar-refractivity contribution in [2.24, 2.45) is 0 Å². The molecule has 0 saturated heterocycles. The molecule has 1 atom stereocenters. The van der Waals surface area contributed by atoms with E-state index in [0.29, 0.717) is 6.61 Å². The number of ether oxygens (including phenoxy) is 1. The van der Waals surface area contributed by atoms with Gasteiger partial charge < -0.3 is 10.1 Å². The maximum Gasteiger partial charge on any atom is 0.159 e. The summed E-state index contributed by atoms with van der Waals surface area (Å²) in [6.45, 7) is 9.76. The lowest BCUT2D eigenvalue weighted by Gasteiger charge is -2.16. The predicted octanol–water partition coefficient (Wildman–Crippen LogP) is 3.86. The van der Waals surface area contributed by atoms with Crippen molar-refractivity contribution in [2.45, 2.75) is 46.6 Å². The van der Waals surface area contributed by atoms with Crippen molar-refractivity contribution in [3.63, 3.8) is 0 Å². The predicted molar refractivity (Wildman–Crippen MR) is 77.9 cm³/mol. The summed E-state index contributed by atoms with van der Waals surface area (Å²) in [6, 6.07) is 0. The van der Waals surface area contributed by atoms with Crippen LogP contribution in [0.4, 0.5) is 5.82 Å². The SMILES string of the molecule is CCCNc1nc(C(CC)OCC)nc(C)c1Br. The largest absolute Gasteiger partial charge is 0.371 e. The number of aromatic nitrogens is 2. The molecule has 102 valence electrons. The summed E-state index contributed by atoms with van der Waals surface area (Å²) in [5.74, 6) is 1.62. The van der Waals surface area contributed by atoms with Gasteiger partial charge in [-0.1, -0.05) is 13.8 Å². The Bertz CT molecular complexity index is 385. The van der Waals surface area contributed by atoms with E-state index in [2.05, 4.69) is 45.1 Å². The molecular formula is C13H22BrN3O. The molecule has 0 aromatic carbocycles. The van der Waals surface area contributed by atoms with E-state index in [0.717, 1.165) is 41.2 Å². The summed E-state index contributed by atoms with van der Waals surface area (Å²) >= 11 is 3.53. The minimum Gasteiger partial charge on any atom is -0.371 e. The fraction of sp³-hybridized carbons (Fsp3) is 0.692. The maximum atomic E-state index is 5.66. The first-order chi connectivity index (χ1) is 8.63. The van der Waals surface area contributed by atoms with Crippen molar-refractivity contribution < 1.29 is 4.74 Å². The second-order valence-corrected chi connectivity index (χ2v) is 4.90. The Morgan fingerprint density at radius 1 is 1.28 bits per heavy atom. The van der Waals surface area contributed by atoms with E-state index in [1.165, 1.54) is 0 Å². The van der Waals surface area contributed by atoms with Crippen molar-refractivity contribution in [1.29, 1.82) is 0 Å². The smallest absolute Gasteiger partial charge is 0.159 e. The number of nitrogens with one attached hydrogen (secondary N) is 1. The minimum atomic E-state index is -0.0241. The Morgan fingerprint density at radius 3 is 2.56 bits per heavy atom. The Hall–Kier alpha value is -0.680. The van der Waals surface area contributed by atoms with Gasteiger partial charge in [0, 0.05) is 13.2 Å². The highest BCUT2D eigenvalue weighted by Gasteiger charge is 2.16. The van der Waals surface area contributed by atoms with Crippen LogP contribution in [0.3, 0.4) is 0 Å². The van der Waals surface area contributed by atoms with Gasteiger partial charge >= 0.3 is 0 Å². The molecule has 4 nitrogen and oxygen atoms in total. The van der Waals surface area contributed by atoms with Crippen LogP contribution in [0.1, 0.15) is 51.2 Å². The number of rotatable bonds is 7. The third kappa shape index (κ3) is 3.92. The lowest BCUT2D eigenvalue weighted by atomic mass is 10.2. The first kappa shape index (κ1) is 15.4. The van der Waals surface area contributed by atoms with E-state index in [1.807, 2.05) is 13.8 Å². The zero-order valence-electron chi connectivity index (χ0n) is 11.6. The quantitative estimate of drug-likeness (QED) is 0.830. The molecule has 0 aliphatic carbocycles. The zero-order valence-corrected chi connectivity index (χ0v) is 13.2. The average molecular weight is 316 g/mol. The number of hydrogen-bond acceptors (Lipinski definition) is 4. The highest BCUT2D eigenvalue weighted by atomic mass is 79.9. The molecular weight excluding hydrogens is 294 g/mol. The molecule has 1 N–H and O–H groups in total. The molecule has 0 saturated carbocycles. The van der Waals surface area contributed by atoms with Crippen LogP contribution in [0.15, 0.2) is 4.47 Å². The highest BCUT2D eigenvalue weighted by Crippen LogP contribution is 2.26. The van der Waals surface area contributed by atoms with Crippen molar-refractivity contribution in [3.05, 3.63) is 16.0 Å². The summed E-state index contributed by atoms with van der Waals surface area (Å²) in [7, 11) is 0.